The largest absolute Gasteiger partial charge is 0.396 e. The lowest BCUT2D eigenvalue weighted by Crippen LogP contribution is -1.99. The highest BCUT2D eigenvalue weighted by molar-refractivity contribution is 5.14. The quantitative estimate of drug-likeness (QED) is 0.660. The molecule has 1 unspecified atom stereocenters. The number of unbranched alkanes of at least 4 members (excludes halogenated alkanes) is 3. The van der Waals surface area contributed by atoms with E-state index in [4.69, 9.17) is 5.11 Å². The van der Waals surface area contributed by atoms with Crippen molar-refractivity contribution in [2.75, 3.05) is 6.61 Å². The summed E-state index contributed by atoms with van der Waals surface area (Å²) in [6.45, 7) is 2.68. The predicted octanol–water partition coefficient (Wildman–Crippen LogP) is 3.81. The molecule has 1 N–H and O–H groups in total. The van der Waals surface area contributed by atoms with E-state index in [2.05, 4.69) is 37.3 Å². The summed E-state index contributed by atoms with van der Waals surface area (Å²) in [6.07, 6.45) is 7.20. The Morgan fingerprint density at radius 3 is 2.38 bits per heavy atom. The Kier molecular flexibility index (Phi) is 6.91. The van der Waals surface area contributed by atoms with Gasteiger partial charge < -0.3 is 5.11 Å². The molecule has 0 heterocycles. The molecule has 16 heavy (non-hydrogen) atoms. The van der Waals surface area contributed by atoms with E-state index in [0.29, 0.717) is 6.61 Å². The molecule has 90 valence electrons. The fraction of sp³-hybridized carbons (Fsp3) is 0.600. The standard InChI is InChI=1S/C15H24O/c1-14(9-5-2-3-8-12-16)13-15-10-6-4-7-11-15/h4,6-7,10-11,14,16H,2-3,5,8-9,12-13H2,1H3. The SMILES string of the molecule is CC(CCCCCCO)Cc1ccccc1. The molecule has 0 aliphatic carbocycles. The van der Waals surface area contributed by atoms with Crippen LogP contribution in [0.3, 0.4) is 0 Å². The van der Waals surface area contributed by atoms with Gasteiger partial charge in [0.1, 0.15) is 0 Å². The summed E-state index contributed by atoms with van der Waals surface area (Å²) >= 11 is 0. The highest BCUT2D eigenvalue weighted by Gasteiger charge is 2.02. The zero-order chi connectivity index (χ0) is 11.6. The summed E-state index contributed by atoms with van der Waals surface area (Å²) < 4.78 is 0. The van der Waals surface area contributed by atoms with Crippen LogP contribution in [0.25, 0.3) is 0 Å². The van der Waals surface area contributed by atoms with Crippen molar-refractivity contribution in [1.82, 2.24) is 0 Å². The van der Waals surface area contributed by atoms with Gasteiger partial charge >= 0.3 is 0 Å². The van der Waals surface area contributed by atoms with Crippen LogP contribution in [-0.4, -0.2) is 11.7 Å². The van der Waals surface area contributed by atoms with Crippen LogP contribution in [0.2, 0.25) is 0 Å². The first-order valence-electron chi connectivity index (χ1n) is 6.47. The van der Waals surface area contributed by atoms with Gasteiger partial charge in [0, 0.05) is 6.61 Å². The Morgan fingerprint density at radius 2 is 1.69 bits per heavy atom. The molecular formula is C15H24O. The molecule has 0 saturated carbocycles. The third-order valence-electron chi connectivity index (χ3n) is 3.03. The molecule has 0 aliphatic rings. The second-order valence-electron chi connectivity index (χ2n) is 4.72. The van der Waals surface area contributed by atoms with Crippen molar-refractivity contribution in [3.63, 3.8) is 0 Å². The second kappa shape index (κ2) is 8.35. The van der Waals surface area contributed by atoms with Crippen LogP contribution >= 0.6 is 0 Å². The van der Waals surface area contributed by atoms with Crippen LogP contribution < -0.4 is 0 Å². The number of aliphatic hydroxyl groups is 1. The first kappa shape index (κ1) is 13.2. The van der Waals surface area contributed by atoms with E-state index in [0.717, 1.165) is 12.3 Å². The Bertz CT molecular complexity index is 255. The van der Waals surface area contributed by atoms with E-state index >= 15 is 0 Å². The Balaban J connectivity index is 2.09. The van der Waals surface area contributed by atoms with E-state index in [1.165, 1.54) is 37.7 Å². The molecule has 0 radical (unpaired) electrons. The van der Waals surface area contributed by atoms with Gasteiger partial charge in [-0.3, -0.25) is 0 Å². The maximum absolute atomic E-state index is 8.67. The van der Waals surface area contributed by atoms with Gasteiger partial charge in [-0.05, 0) is 24.3 Å². The summed E-state index contributed by atoms with van der Waals surface area (Å²) in [5.74, 6) is 0.775. The number of hydrogen-bond acceptors (Lipinski definition) is 1. The van der Waals surface area contributed by atoms with Gasteiger partial charge in [-0.25, -0.2) is 0 Å². The highest BCUT2D eigenvalue weighted by atomic mass is 16.2. The average molecular weight is 220 g/mol. The lowest BCUT2D eigenvalue weighted by atomic mass is 9.95. The predicted molar refractivity (Wildman–Crippen MR) is 69.5 cm³/mol. The van der Waals surface area contributed by atoms with Gasteiger partial charge in [-0.15, -0.1) is 0 Å². The van der Waals surface area contributed by atoms with Crippen molar-refractivity contribution >= 4 is 0 Å². The van der Waals surface area contributed by atoms with Gasteiger partial charge in [0.15, 0.2) is 0 Å². The van der Waals surface area contributed by atoms with Gasteiger partial charge in [-0.1, -0.05) is 62.9 Å². The Morgan fingerprint density at radius 1 is 1.00 bits per heavy atom. The normalized spacial score (nSPS) is 12.6. The van der Waals surface area contributed by atoms with Crippen molar-refractivity contribution in [3.05, 3.63) is 35.9 Å². The Labute approximate surface area is 99.5 Å². The molecule has 1 atom stereocenters. The van der Waals surface area contributed by atoms with E-state index in [1.807, 2.05) is 0 Å². The zero-order valence-corrected chi connectivity index (χ0v) is 10.4. The first-order chi connectivity index (χ1) is 7.83. The zero-order valence-electron chi connectivity index (χ0n) is 10.4. The molecule has 1 nitrogen and oxygen atoms in total. The molecule has 0 aromatic heterocycles. The third-order valence-corrected chi connectivity index (χ3v) is 3.03. The van der Waals surface area contributed by atoms with Crippen LogP contribution in [0.1, 0.15) is 44.6 Å². The van der Waals surface area contributed by atoms with E-state index < -0.39 is 0 Å². The van der Waals surface area contributed by atoms with Gasteiger partial charge in [0.25, 0.3) is 0 Å². The van der Waals surface area contributed by atoms with Crippen molar-refractivity contribution in [1.29, 1.82) is 0 Å². The van der Waals surface area contributed by atoms with E-state index in [1.54, 1.807) is 0 Å². The molecule has 0 saturated heterocycles. The molecular weight excluding hydrogens is 196 g/mol. The van der Waals surface area contributed by atoms with Crippen LogP contribution in [0.4, 0.5) is 0 Å². The maximum atomic E-state index is 8.67. The molecule has 0 aliphatic heterocycles. The minimum absolute atomic E-state index is 0.347. The maximum Gasteiger partial charge on any atom is 0.0431 e. The molecule has 1 aromatic rings. The van der Waals surface area contributed by atoms with Crippen molar-refractivity contribution in [3.8, 4) is 0 Å². The average Bonchev–Trinajstić information content (AvgIpc) is 2.30. The number of rotatable bonds is 8. The van der Waals surface area contributed by atoms with Crippen molar-refractivity contribution < 1.29 is 5.11 Å². The summed E-state index contributed by atoms with van der Waals surface area (Å²) in [5.41, 5.74) is 1.45. The number of benzene rings is 1. The molecule has 1 aromatic carbocycles. The van der Waals surface area contributed by atoms with Crippen LogP contribution in [0.5, 0.6) is 0 Å². The van der Waals surface area contributed by atoms with Crippen LogP contribution in [-0.2, 0) is 6.42 Å². The second-order valence-corrected chi connectivity index (χ2v) is 4.72. The summed E-state index contributed by atoms with van der Waals surface area (Å²) in [4.78, 5) is 0. The number of aliphatic hydroxyl groups excluding tert-OH is 1. The third kappa shape index (κ3) is 5.92. The fourth-order valence-corrected chi connectivity index (χ4v) is 2.08. The molecule has 0 fully saturated rings. The smallest absolute Gasteiger partial charge is 0.0431 e. The molecule has 1 heteroatoms. The molecule has 1 rings (SSSR count). The lowest BCUT2D eigenvalue weighted by molar-refractivity contribution is 0.281. The monoisotopic (exact) mass is 220 g/mol. The molecule has 0 spiro atoms. The van der Waals surface area contributed by atoms with Crippen LogP contribution in [0, 0.1) is 5.92 Å². The van der Waals surface area contributed by atoms with E-state index in [9.17, 15) is 0 Å². The highest BCUT2D eigenvalue weighted by Crippen LogP contribution is 2.15. The van der Waals surface area contributed by atoms with Crippen LogP contribution in [0.15, 0.2) is 30.3 Å². The lowest BCUT2D eigenvalue weighted by Gasteiger charge is -2.11. The van der Waals surface area contributed by atoms with Crippen molar-refractivity contribution in [2.24, 2.45) is 5.92 Å². The summed E-state index contributed by atoms with van der Waals surface area (Å²) in [6, 6.07) is 10.7. The van der Waals surface area contributed by atoms with Crippen molar-refractivity contribution in [2.45, 2.75) is 45.4 Å². The topological polar surface area (TPSA) is 20.2 Å². The number of hydrogen-bond donors (Lipinski definition) is 1. The fourth-order valence-electron chi connectivity index (χ4n) is 2.08. The molecule has 0 bridgehead atoms. The summed E-state index contributed by atoms with van der Waals surface area (Å²) in [7, 11) is 0. The van der Waals surface area contributed by atoms with Gasteiger partial charge in [0.05, 0.1) is 0 Å². The Hall–Kier alpha value is -0.820. The first-order valence-corrected chi connectivity index (χ1v) is 6.47. The molecule has 0 amide bonds. The minimum atomic E-state index is 0.347. The van der Waals surface area contributed by atoms with E-state index in [-0.39, 0.29) is 0 Å². The van der Waals surface area contributed by atoms with Gasteiger partial charge in [-0.2, -0.15) is 0 Å². The minimum Gasteiger partial charge on any atom is -0.396 e. The van der Waals surface area contributed by atoms with Gasteiger partial charge in [0.2, 0.25) is 0 Å². The summed E-state index contributed by atoms with van der Waals surface area (Å²) in [5, 5.41) is 8.67.